The summed E-state index contributed by atoms with van der Waals surface area (Å²) in [5.74, 6) is -5.03. The molecule has 1 rings (SSSR count). The zero-order valence-electron chi connectivity index (χ0n) is 8.82. The number of hydrogen-bond donors (Lipinski definition) is 0. The number of ketones is 1. The molecule has 2 unspecified atom stereocenters. The van der Waals surface area contributed by atoms with Crippen molar-refractivity contribution in [2.45, 2.75) is 32.1 Å². The molecule has 98 valence electrons. The Morgan fingerprint density at radius 3 is 2.06 bits per heavy atom. The molecule has 1 aliphatic carbocycles. The van der Waals surface area contributed by atoms with Crippen LogP contribution in [0.4, 0.5) is 26.3 Å². The molecule has 0 radical (unpaired) electrons. The number of Topliss-reactive ketones (excluding diaryl/α,β-unsaturated/α-hetero) is 1. The van der Waals surface area contributed by atoms with Gasteiger partial charge in [-0.25, -0.2) is 0 Å². The fourth-order valence-electron chi connectivity index (χ4n) is 1.77. The van der Waals surface area contributed by atoms with Crippen molar-refractivity contribution >= 4 is 5.78 Å². The smallest absolute Gasteiger partial charge is 0.295 e. The monoisotopic (exact) mass is 260 g/mol. The third kappa shape index (κ3) is 3.47. The number of hydrogen-bond acceptors (Lipinski definition) is 1. The first-order chi connectivity index (χ1) is 7.51. The summed E-state index contributed by atoms with van der Waals surface area (Å²) in [5, 5.41) is 0. The van der Waals surface area contributed by atoms with Crippen molar-refractivity contribution in [3.8, 4) is 0 Å². The molecule has 2 atom stereocenters. The van der Waals surface area contributed by atoms with E-state index in [4.69, 9.17) is 0 Å². The predicted molar refractivity (Wildman–Crippen MR) is 47.1 cm³/mol. The van der Waals surface area contributed by atoms with Crippen LogP contribution in [-0.4, -0.2) is 18.1 Å². The third-order valence-electron chi connectivity index (χ3n) is 2.74. The standard InChI is InChI=1S/C10H10F6O/c1-5(17)6-2-7(9(11,12)13)4-8(3-6)10(14,15)16/h2,7-8H,3-4H2,1H3. The van der Waals surface area contributed by atoms with E-state index in [9.17, 15) is 31.1 Å². The van der Waals surface area contributed by atoms with Crippen LogP contribution < -0.4 is 0 Å². The van der Waals surface area contributed by atoms with E-state index in [-0.39, 0.29) is 5.57 Å². The van der Waals surface area contributed by atoms with Crippen LogP contribution >= 0.6 is 0 Å². The fraction of sp³-hybridized carbons (Fsp3) is 0.700. The molecule has 0 saturated carbocycles. The molecule has 0 aromatic heterocycles. The second kappa shape index (κ2) is 4.34. The molecule has 0 aliphatic heterocycles. The fourth-order valence-corrected chi connectivity index (χ4v) is 1.77. The third-order valence-corrected chi connectivity index (χ3v) is 2.74. The number of halogens is 6. The molecular formula is C10H10F6O. The highest BCUT2D eigenvalue weighted by atomic mass is 19.4. The lowest BCUT2D eigenvalue weighted by molar-refractivity contribution is -0.205. The van der Waals surface area contributed by atoms with Gasteiger partial charge in [0.1, 0.15) is 0 Å². The Morgan fingerprint density at radius 1 is 1.18 bits per heavy atom. The van der Waals surface area contributed by atoms with Gasteiger partial charge in [0.05, 0.1) is 11.8 Å². The Labute approximate surface area is 93.5 Å². The largest absolute Gasteiger partial charge is 0.395 e. The Balaban J connectivity index is 3.02. The van der Waals surface area contributed by atoms with Gasteiger partial charge in [-0.1, -0.05) is 6.08 Å². The molecule has 0 amide bonds. The van der Waals surface area contributed by atoms with Crippen LogP contribution in [0.3, 0.4) is 0 Å². The van der Waals surface area contributed by atoms with Gasteiger partial charge in [0, 0.05) is 0 Å². The first kappa shape index (κ1) is 14.1. The van der Waals surface area contributed by atoms with Crippen molar-refractivity contribution in [3.05, 3.63) is 11.6 Å². The Bertz CT molecular complexity index is 338. The summed E-state index contributed by atoms with van der Waals surface area (Å²) in [6, 6.07) is 0. The Morgan fingerprint density at radius 2 is 1.71 bits per heavy atom. The minimum absolute atomic E-state index is 0.388. The minimum atomic E-state index is -4.75. The van der Waals surface area contributed by atoms with Gasteiger partial charge in [-0.3, -0.25) is 4.79 Å². The molecule has 17 heavy (non-hydrogen) atoms. The van der Waals surface area contributed by atoms with Gasteiger partial charge in [0.25, 0.3) is 0 Å². The van der Waals surface area contributed by atoms with Gasteiger partial charge in [-0.15, -0.1) is 0 Å². The van der Waals surface area contributed by atoms with E-state index in [1.807, 2.05) is 0 Å². The summed E-state index contributed by atoms with van der Waals surface area (Å²) >= 11 is 0. The summed E-state index contributed by atoms with van der Waals surface area (Å²) in [5.41, 5.74) is -0.388. The van der Waals surface area contributed by atoms with Crippen LogP contribution in [0.15, 0.2) is 11.6 Å². The minimum Gasteiger partial charge on any atom is -0.295 e. The lowest BCUT2D eigenvalue weighted by Crippen LogP contribution is -2.34. The van der Waals surface area contributed by atoms with Crippen molar-refractivity contribution in [1.29, 1.82) is 0 Å². The van der Waals surface area contributed by atoms with Gasteiger partial charge in [-0.05, 0) is 25.3 Å². The van der Waals surface area contributed by atoms with Crippen LogP contribution in [-0.2, 0) is 4.79 Å². The molecule has 0 saturated heterocycles. The van der Waals surface area contributed by atoms with Gasteiger partial charge < -0.3 is 0 Å². The van der Waals surface area contributed by atoms with Gasteiger partial charge in [0.15, 0.2) is 5.78 Å². The van der Waals surface area contributed by atoms with Crippen LogP contribution in [0.2, 0.25) is 0 Å². The summed E-state index contributed by atoms with van der Waals surface area (Å²) in [4.78, 5) is 10.9. The topological polar surface area (TPSA) is 17.1 Å². The van der Waals surface area contributed by atoms with Crippen molar-refractivity contribution in [3.63, 3.8) is 0 Å². The lowest BCUT2D eigenvalue weighted by atomic mass is 9.80. The number of carbonyl (C=O) groups is 1. The van der Waals surface area contributed by atoms with E-state index in [0.717, 1.165) is 6.92 Å². The van der Waals surface area contributed by atoms with E-state index in [1.54, 1.807) is 0 Å². The molecule has 7 heteroatoms. The number of rotatable bonds is 1. The number of allylic oxidation sites excluding steroid dienone is 2. The van der Waals surface area contributed by atoms with Gasteiger partial charge in [-0.2, -0.15) is 26.3 Å². The van der Waals surface area contributed by atoms with Crippen LogP contribution in [0.25, 0.3) is 0 Å². The zero-order valence-corrected chi connectivity index (χ0v) is 8.82. The maximum Gasteiger partial charge on any atom is 0.395 e. The van der Waals surface area contributed by atoms with Crippen molar-refractivity contribution in [2.24, 2.45) is 11.8 Å². The maximum absolute atomic E-state index is 12.4. The second-order valence-electron chi connectivity index (χ2n) is 4.07. The molecule has 1 aliphatic rings. The van der Waals surface area contributed by atoms with E-state index < -0.39 is 42.8 Å². The molecule has 0 spiro atoms. The first-order valence-electron chi connectivity index (χ1n) is 4.87. The molecule has 0 heterocycles. The van der Waals surface area contributed by atoms with E-state index >= 15 is 0 Å². The van der Waals surface area contributed by atoms with E-state index in [1.165, 1.54) is 0 Å². The van der Waals surface area contributed by atoms with Crippen molar-refractivity contribution in [2.75, 3.05) is 0 Å². The average molecular weight is 260 g/mol. The lowest BCUT2D eigenvalue weighted by Gasteiger charge is -2.30. The zero-order chi connectivity index (χ0) is 13.4. The molecular weight excluding hydrogens is 250 g/mol. The highest BCUT2D eigenvalue weighted by Gasteiger charge is 2.49. The first-order valence-corrected chi connectivity index (χ1v) is 4.87. The number of alkyl halides is 6. The van der Waals surface area contributed by atoms with Crippen LogP contribution in [0.1, 0.15) is 19.8 Å². The van der Waals surface area contributed by atoms with Crippen LogP contribution in [0, 0.1) is 11.8 Å². The van der Waals surface area contributed by atoms with Crippen LogP contribution in [0.5, 0.6) is 0 Å². The summed E-state index contributed by atoms with van der Waals surface area (Å²) < 4.78 is 74.6. The highest BCUT2D eigenvalue weighted by Crippen LogP contribution is 2.44. The molecule has 0 aromatic carbocycles. The highest BCUT2D eigenvalue weighted by molar-refractivity contribution is 5.93. The summed E-state index contributed by atoms with van der Waals surface area (Å²) in [6.07, 6.45) is -10.5. The van der Waals surface area contributed by atoms with E-state index in [0.29, 0.717) is 6.08 Å². The molecule has 0 fully saturated rings. The molecule has 0 bridgehead atoms. The molecule has 1 nitrogen and oxygen atoms in total. The second-order valence-corrected chi connectivity index (χ2v) is 4.07. The van der Waals surface area contributed by atoms with Gasteiger partial charge in [0.2, 0.25) is 0 Å². The normalized spacial score (nSPS) is 26.6. The summed E-state index contributed by atoms with van der Waals surface area (Å²) in [7, 11) is 0. The Hall–Kier alpha value is -1.01. The van der Waals surface area contributed by atoms with Crippen molar-refractivity contribution < 1.29 is 31.1 Å². The van der Waals surface area contributed by atoms with Crippen molar-refractivity contribution in [1.82, 2.24) is 0 Å². The van der Waals surface area contributed by atoms with Gasteiger partial charge >= 0.3 is 12.4 Å². The maximum atomic E-state index is 12.4. The molecule has 0 aromatic rings. The summed E-state index contributed by atoms with van der Waals surface area (Å²) in [6.45, 7) is 0.970. The predicted octanol–water partition coefficient (Wildman–Crippen LogP) is 3.65. The number of carbonyl (C=O) groups excluding carboxylic acids is 1. The average Bonchev–Trinajstić information content (AvgIpc) is 2.14. The van der Waals surface area contributed by atoms with E-state index in [2.05, 4.69) is 0 Å². The Kier molecular flexibility index (Phi) is 3.59. The molecule has 0 N–H and O–H groups in total. The quantitative estimate of drug-likeness (QED) is 0.658. The SMILES string of the molecule is CC(=O)C1=CC(C(F)(F)F)CC(C(F)(F)F)C1.